The summed E-state index contributed by atoms with van der Waals surface area (Å²) in [5.41, 5.74) is 9.47. The van der Waals surface area contributed by atoms with Gasteiger partial charge in [-0.15, -0.1) is 0 Å². The van der Waals surface area contributed by atoms with E-state index in [-0.39, 0.29) is 18.3 Å². The third-order valence-corrected chi connectivity index (χ3v) is 14.3. The fraction of sp³-hybridized carbons (Fsp3) is 0.500. The Morgan fingerprint density at radius 3 is 1.75 bits per heavy atom. The Balaban J connectivity index is 1.93. The lowest BCUT2D eigenvalue weighted by Crippen LogP contribution is -2.66. The Morgan fingerprint density at radius 1 is 0.800 bits per heavy atom. The maximum Gasteiger partial charge on any atom is 0.263 e. The van der Waals surface area contributed by atoms with Gasteiger partial charge in [-0.2, -0.15) is 0 Å². The van der Waals surface area contributed by atoms with E-state index < -0.39 is 8.32 Å². The van der Waals surface area contributed by atoms with Crippen molar-refractivity contribution in [3.05, 3.63) is 93.5 Å². The standard InChI is InChI=1S/C36H50O3Si/c1-11-37-33-21-32(30(10)34(23(2)3)38-22-31-15-13-12-14-16-31)40(39-33,35-26(6)17-24(4)18-27(35)7)36-28(8)19-25(5)20-29(36)9/h12-20,23,30,32-34H,11,21-22H2,1-10H3/t30-,32-,33?,34-/m1/s1. The summed E-state index contributed by atoms with van der Waals surface area (Å²) in [7, 11) is -2.82. The predicted molar refractivity (Wildman–Crippen MR) is 170 cm³/mol. The fourth-order valence-electron chi connectivity index (χ4n) is 7.68. The van der Waals surface area contributed by atoms with Crippen LogP contribution in [0, 0.1) is 53.4 Å². The Kier molecular flexibility index (Phi) is 9.77. The largest absolute Gasteiger partial charge is 0.383 e. The molecule has 1 heterocycles. The van der Waals surface area contributed by atoms with Crippen molar-refractivity contribution in [3.8, 4) is 0 Å². The van der Waals surface area contributed by atoms with Crippen LogP contribution in [-0.4, -0.2) is 27.3 Å². The number of rotatable bonds is 10. The molecule has 0 saturated carbocycles. The maximum absolute atomic E-state index is 7.45. The van der Waals surface area contributed by atoms with Gasteiger partial charge in [0.2, 0.25) is 0 Å². The third-order valence-electron chi connectivity index (χ3n) is 8.83. The third kappa shape index (κ3) is 6.01. The molecule has 1 aliphatic heterocycles. The number of hydrogen-bond acceptors (Lipinski definition) is 3. The van der Waals surface area contributed by atoms with Crippen molar-refractivity contribution in [2.45, 2.75) is 100 Å². The lowest BCUT2D eigenvalue weighted by Gasteiger charge is -2.42. The summed E-state index contributed by atoms with van der Waals surface area (Å²) in [5.74, 6) is 0.651. The zero-order valence-corrected chi connectivity index (χ0v) is 27.4. The highest BCUT2D eigenvalue weighted by Crippen LogP contribution is 2.47. The molecule has 1 unspecified atom stereocenters. The molecule has 3 aromatic rings. The summed E-state index contributed by atoms with van der Waals surface area (Å²) < 4.78 is 20.6. The van der Waals surface area contributed by atoms with Crippen molar-refractivity contribution in [1.82, 2.24) is 0 Å². The first kappa shape index (κ1) is 30.7. The normalized spacial score (nSPS) is 20.2. The van der Waals surface area contributed by atoms with Gasteiger partial charge in [-0.25, -0.2) is 0 Å². The summed E-state index contributed by atoms with van der Waals surface area (Å²) in [6.07, 6.45) is 0.767. The average molecular weight is 559 g/mol. The molecule has 4 heteroatoms. The minimum atomic E-state index is -2.82. The van der Waals surface area contributed by atoms with E-state index in [0.717, 1.165) is 6.42 Å². The Bertz CT molecular complexity index is 1200. The second-order valence-electron chi connectivity index (χ2n) is 12.5. The molecule has 0 aliphatic carbocycles. The molecule has 0 radical (unpaired) electrons. The van der Waals surface area contributed by atoms with Crippen LogP contribution < -0.4 is 10.4 Å². The van der Waals surface area contributed by atoms with Gasteiger partial charge in [-0.05, 0) is 104 Å². The van der Waals surface area contributed by atoms with Crippen LogP contribution in [0.1, 0.15) is 73.1 Å². The Hall–Kier alpha value is -2.24. The fourth-order valence-corrected chi connectivity index (χ4v) is 13.7. The summed E-state index contributed by atoms with van der Waals surface area (Å²) in [5, 5.41) is 2.86. The molecule has 0 spiro atoms. The first-order chi connectivity index (χ1) is 19.0. The molecule has 3 nitrogen and oxygen atoms in total. The van der Waals surface area contributed by atoms with Crippen molar-refractivity contribution in [2.75, 3.05) is 6.61 Å². The lowest BCUT2D eigenvalue weighted by molar-refractivity contribution is -0.0696. The van der Waals surface area contributed by atoms with Crippen molar-refractivity contribution in [2.24, 2.45) is 11.8 Å². The first-order valence-corrected chi connectivity index (χ1v) is 17.1. The molecule has 1 fully saturated rings. The van der Waals surface area contributed by atoms with Crippen LogP contribution in [0.25, 0.3) is 0 Å². The molecular formula is C36H50O3Si. The van der Waals surface area contributed by atoms with Crippen LogP contribution in [0.2, 0.25) is 5.54 Å². The van der Waals surface area contributed by atoms with Gasteiger partial charge in [-0.1, -0.05) is 86.5 Å². The van der Waals surface area contributed by atoms with Crippen molar-refractivity contribution < 1.29 is 13.9 Å². The minimum absolute atomic E-state index is 0.0955. The van der Waals surface area contributed by atoms with Gasteiger partial charge < -0.3 is 13.9 Å². The van der Waals surface area contributed by atoms with E-state index in [1.165, 1.54) is 49.3 Å². The van der Waals surface area contributed by atoms with Crippen LogP contribution >= 0.6 is 0 Å². The van der Waals surface area contributed by atoms with E-state index in [9.17, 15) is 0 Å². The van der Waals surface area contributed by atoms with Crippen LogP contribution in [-0.2, 0) is 20.5 Å². The SMILES string of the molecule is CCOC1C[C@H]([C@@H](C)[C@H](OCc2ccccc2)C(C)C)[Si](c2c(C)cc(C)cc2C)(c2c(C)cc(C)cc2C)O1. The number of benzene rings is 3. The highest BCUT2D eigenvalue weighted by molar-refractivity contribution is 7.00. The molecule has 1 aliphatic rings. The molecule has 4 rings (SSSR count). The lowest BCUT2D eigenvalue weighted by atomic mass is 9.90. The second kappa shape index (κ2) is 12.7. The zero-order valence-electron chi connectivity index (χ0n) is 26.4. The summed E-state index contributed by atoms with van der Waals surface area (Å²) in [6, 6.07) is 19.9. The topological polar surface area (TPSA) is 27.7 Å². The highest BCUT2D eigenvalue weighted by Gasteiger charge is 2.59. The smallest absolute Gasteiger partial charge is 0.263 e. The summed E-state index contributed by atoms with van der Waals surface area (Å²) in [4.78, 5) is 0. The average Bonchev–Trinajstić information content (AvgIpc) is 3.22. The van der Waals surface area contributed by atoms with Gasteiger partial charge in [0.25, 0.3) is 8.32 Å². The summed E-state index contributed by atoms with van der Waals surface area (Å²) >= 11 is 0. The van der Waals surface area contributed by atoms with Crippen LogP contribution in [0.4, 0.5) is 0 Å². The first-order valence-electron chi connectivity index (χ1n) is 15.1. The number of hydrogen-bond donors (Lipinski definition) is 0. The molecule has 0 bridgehead atoms. The van der Waals surface area contributed by atoms with Gasteiger partial charge in [0.1, 0.15) is 6.29 Å². The van der Waals surface area contributed by atoms with Crippen LogP contribution in [0.3, 0.4) is 0 Å². The monoisotopic (exact) mass is 558 g/mol. The molecule has 1 saturated heterocycles. The quantitative estimate of drug-likeness (QED) is 0.240. The molecule has 0 aromatic heterocycles. The van der Waals surface area contributed by atoms with Gasteiger partial charge in [-0.3, -0.25) is 0 Å². The maximum atomic E-state index is 7.45. The molecule has 0 N–H and O–H groups in total. The van der Waals surface area contributed by atoms with Crippen LogP contribution in [0.5, 0.6) is 0 Å². The van der Waals surface area contributed by atoms with Crippen molar-refractivity contribution in [3.63, 3.8) is 0 Å². The summed E-state index contributed by atoms with van der Waals surface area (Å²) in [6.45, 7) is 23.9. The predicted octanol–water partition coefficient (Wildman–Crippen LogP) is 7.63. The molecule has 4 atom stereocenters. The van der Waals surface area contributed by atoms with E-state index in [0.29, 0.717) is 24.7 Å². The van der Waals surface area contributed by atoms with Crippen molar-refractivity contribution >= 4 is 18.7 Å². The molecule has 0 amide bonds. The Labute approximate surface area is 244 Å². The van der Waals surface area contributed by atoms with Gasteiger partial charge in [0, 0.05) is 13.0 Å². The van der Waals surface area contributed by atoms with Crippen LogP contribution in [0.15, 0.2) is 54.6 Å². The highest BCUT2D eigenvalue weighted by atomic mass is 28.4. The van der Waals surface area contributed by atoms with Gasteiger partial charge >= 0.3 is 0 Å². The van der Waals surface area contributed by atoms with E-state index in [2.05, 4.69) is 124 Å². The van der Waals surface area contributed by atoms with Gasteiger partial charge in [0.15, 0.2) is 0 Å². The minimum Gasteiger partial charge on any atom is -0.383 e. The zero-order chi connectivity index (χ0) is 29.2. The molecular weight excluding hydrogens is 508 g/mol. The van der Waals surface area contributed by atoms with Crippen molar-refractivity contribution in [1.29, 1.82) is 0 Å². The molecule has 40 heavy (non-hydrogen) atoms. The number of aryl methyl sites for hydroxylation is 6. The van der Waals surface area contributed by atoms with Gasteiger partial charge in [0.05, 0.1) is 12.7 Å². The molecule has 216 valence electrons. The van der Waals surface area contributed by atoms with E-state index >= 15 is 0 Å². The molecule has 3 aromatic carbocycles. The van der Waals surface area contributed by atoms with E-state index in [1.54, 1.807) is 0 Å². The second-order valence-corrected chi connectivity index (χ2v) is 15.9. The van der Waals surface area contributed by atoms with E-state index in [1.807, 2.05) is 0 Å². The number of ether oxygens (including phenoxy) is 2. The van der Waals surface area contributed by atoms with E-state index in [4.69, 9.17) is 13.9 Å². The Morgan fingerprint density at radius 2 is 1.30 bits per heavy atom.